The number of amides is 1. The molecule has 0 bridgehead atoms. The molecule has 138 valence electrons. The van der Waals surface area contributed by atoms with E-state index in [-0.39, 0.29) is 11.5 Å². The molecule has 0 unspecified atom stereocenters. The van der Waals surface area contributed by atoms with Gasteiger partial charge in [-0.25, -0.2) is 9.59 Å². The van der Waals surface area contributed by atoms with Crippen molar-refractivity contribution in [3.8, 4) is 5.75 Å². The van der Waals surface area contributed by atoms with E-state index in [4.69, 9.17) is 14.2 Å². The van der Waals surface area contributed by atoms with Gasteiger partial charge in [0, 0.05) is 0 Å². The summed E-state index contributed by atoms with van der Waals surface area (Å²) in [7, 11) is 2.77. The molecule has 0 spiro atoms. The second kappa shape index (κ2) is 9.66. The zero-order valence-corrected chi connectivity index (χ0v) is 15.3. The Labute approximate surface area is 147 Å². The molecule has 2 atom stereocenters. The molecule has 0 saturated carbocycles. The van der Waals surface area contributed by atoms with E-state index in [0.717, 1.165) is 5.56 Å². The summed E-state index contributed by atoms with van der Waals surface area (Å²) < 4.78 is 14.8. The maximum atomic E-state index is 12.0. The minimum atomic E-state index is -0.777. The highest BCUT2D eigenvalue weighted by Gasteiger charge is 2.27. The van der Waals surface area contributed by atoms with Crippen LogP contribution in [0.3, 0.4) is 0 Å². The Morgan fingerprint density at radius 2 is 1.88 bits per heavy atom. The summed E-state index contributed by atoms with van der Waals surface area (Å²) in [5.41, 5.74) is 1.16. The third kappa shape index (κ3) is 5.77. The summed E-state index contributed by atoms with van der Waals surface area (Å²) in [5, 5.41) is 2.54. The molecule has 0 saturated heterocycles. The lowest BCUT2D eigenvalue weighted by Gasteiger charge is -2.21. The maximum absolute atomic E-state index is 12.0. The second-order valence-electron chi connectivity index (χ2n) is 5.71. The quantitative estimate of drug-likeness (QED) is 0.719. The van der Waals surface area contributed by atoms with Gasteiger partial charge in [-0.1, -0.05) is 26.3 Å². The number of nitrogens with one attached hydrogen (secondary N) is 1. The van der Waals surface area contributed by atoms with Crippen molar-refractivity contribution in [3.05, 3.63) is 29.3 Å². The molecule has 1 aromatic carbocycles. The highest BCUT2D eigenvalue weighted by Crippen LogP contribution is 2.19. The van der Waals surface area contributed by atoms with Crippen molar-refractivity contribution in [1.82, 2.24) is 5.32 Å². The monoisotopic (exact) mass is 351 g/mol. The first-order valence-corrected chi connectivity index (χ1v) is 8.02. The Morgan fingerprint density at radius 1 is 1.20 bits per heavy atom. The molecule has 0 aliphatic carbocycles. The number of rotatable bonds is 8. The Morgan fingerprint density at radius 3 is 2.44 bits per heavy atom. The number of ether oxygens (including phenoxy) is 3. The van der Waals surface area contributed by atoms with Crippen LogP contribution >= 0.6 is 0 Å². The van der Waals surface area contributed by atoms with E-state index in [1.165, 1.54) is 14.2 Å². The van der Waals surface area contributed by atoms with E-state index in [0.29, 0.717) is 12.2 Å². The van der Waals surface area contributed by atoms with Crippen LogP contribution in [0.4, 0.5) is 0 Å². The van der Waals surface area contributed by atoms with E-state index in [1.54, 1.807) is 18.2 Å². The highest BCUT2D eigenvalue weighted by molar-refractivity contribution is 5.92. The molecular weight excluding hydrogens is 326 g/mol. The first-order valence-electron chi connectivity index (χ1n) is 8.02. The largest absolute Gasteiger partial charge is 0.496 e. The Bertz CT molecular complexity index is 628. The van der Waals surface area contributed by atoms with Gasteiger partial charge in [0.15, 0.2) is 6.61 Å². The van der Waals surface area contributed by atoms with Crippen LogP contribution in [0.5, 0.6) is 5.75 Å². The maximum Gasteiger partial charge on any atom is 0.338 e. The lowest BCUT2D eigenvalue weighted by atomic mass is 9.99. The molecule has 0 fully saturated rings. The van der Waals surface area contributed by atoms with Gasteiger partial charge in [-0.15, -0.1) is 0 Å². The fraction of sp³-hybridized carbons (Fsp3) is 0.500. The summed E-state index contributed by atoms with van der Waals surface area (Å²) in [6.07, 6.45) is 0.684. The fourth-order valence-electron chi connectivity index (χ4n) is 2.17. The topological polar surface area (TPSA) is 90.9 Å². The molecule has 1 rings (SSSR count). The standard InChI is InChI=1S/C18H25NO6/c1-6-11(2)16(18(22)24-5)19-15(20)10-25-17(21)13-8-7-12(3)14(9-13)23-4/h7-9,11,16H,6,10H2,1-5H3,(H,19,20)/t11-,16-/m0/s1. The van der Waals surface area contributed by atoms with Crippen molar-refractivity contribution in [2.45, 2.75) is 33.2 Å². The van der Waals surface area contributed by atoms with Crippen LogP contribution in [-0.2, 0) is 19.1 Å². The SMILES string of the molecule is CC[C@H](C)[C@H](NC(=O)COC(=O)c1ccc(C)c(OC)c1)C(=O)OC. The number of esters is 2. The van der Waals surface area contributed by atoms with Crippen LogP contribution in [0.2, 0.25) is 0 Å². The van der Waals surface area contributed by atoms with Crippen molar-refractivity contribution in [3.63, 3.8) is 0 Å². The molecule has 0 aliphatic heterocycles. The second-order valence-corrected chi connectivity index (χ2v) is 5.71. The third-order valence-corrected chi connectivity index (χ3v) is 3.96. The number of methoxy groups -OCH3 is 2. The first-order chi connectivity index (χ1) is 11.8. The highest BCUT2D eigenvalue weighted by atomic mass is 16.5. The minimum absolute atomic E-state index is 0.103. The molecule has 7 nitrogen and oxygen atoms in total. The van der Waals surface area contributed by atoms with Crippen LogP contribution in [0.15, 0.2) is 18.2 Å². The van der Waals surface area contributed by atoms with Gasteiger partial charge in [0.2, 0.25) is 0 Å². The lowest BCUT2D eigenvalue weighted by Crippen LogP contribution is -2.47. The summed E-state index contributed by atoms with van der Waals surface area (Å²) in [6.45, 7) is 5.09. The van der Waals surface area contributed by atoms with Crippen LogP contribution < -0.4 is 10.1 Å². The Kier molecular flexibility index (Phi) is 7.91. The average Bonchev–Trinajstić information content (AvgIpc) is 2.63. The molecule has 0 aromatic heterocycles. The zero-order chi connectivity index (χ0) is 19.0. The summed E-state index contributed by atoms with van der Waals surface area (Å²) >= 11 is 0. The van der Waals surface area contributed by atoms with Crippen LogP contribution in [0.1, 0.15) is 36.2 Å². The predicted octanol–water partition coefficient (Wildman–Crippen LogP) is 1.86. The number of hydrogen-bond acceptors (Lipinski definition) is 6. The van der Waals surface area contributed by atoms with Gasteiger partial charge >= 0.3 is 11.9 Å². The van der Waals surface area contributed by atoms with Crippen LogP contribution in [0, 0.1) is 12.8 Å². The van der Waals surface area contributed by atoms with E-state index < -0.39 is 30.5 Å². The van der Waals surface area contributed by atoms with E-state index >= 15 is 0 Å². The van der Waals surface area contributed by atoms with Crippen molar-refractivity contribution < 1.29 is 28.6 Å². The molecule has 1 aromatic rings. The van der Waals surface area contributed by atoms with Gasteiger partial charge in [-0.3, -0.25) is 4.79 Å². The van der Waals surface area contributed by atoms with Gasteiger partial charge in [0.25, 0.3) is 5.91 Å². The lowest BCUT2D eigenvalue weighted by molar-refractivity contribution is -0.147. The van der Waals surface area contributed by atoms with E-state index in [9.17, 15) is 14.4 Å². The molecular formula is C18H25NO6. The molecule has 25 heavy (non-hydrogen) atoms. The molecule has 7 heteroatoms. The molecule has 1 amide bonds. The Hall–Kier alpha value is -2.57. The molecule has 0 radical (unpaired) electrons. The van der Waals surface area contributed by atoms with Gasteiger partial charge in [0.1, 0.15) is 11.8 Å². The normalized spacial score (nSPS) is 12.7. The predicted molar refractivity (Wildman–Crippen MR) is 91.4 cm³/mol. The van der Waals surface area contributed by atoms with Crippen LogP contribution in [-0.4, -0.2) is 44.7 Å². The minimum Gasteiger partial charge on any atom is -0.496 e. The number of aryl methyl sites for hydroxylation is 1. The van der Waals surface area contributed by atoms with Gasteiger partial charge in [-0.05, 0) is 30.5 Å². The molecule has 0 aliphatic rings. The van der Waals surface area contributed by atoms with E-state index in [2.05, 4.69) is 5.32 Å². The van der Waals surface area contributed by atoms with Crippen molar-refractivity contribution >= 4 is 17.8 Å². The number of hydrogen-bond donors (Lipinski definition) is 1. The van der Waals surface area contributed by atoms with Gasteiger partial charge < -0.3 is 19.5 Å². The fourth-order valence-corrected chi connectivity index (χ4v) is 2.17. The Balaban J connectivity index is 2.65. The van der Waals surface area contributed by atoms with Gasteiger partial charge in [-0.2, -0.15) is 0 Å². The third-order valence-electron chi connectivity index (χ3n) is 3.96. The van der Waals surface area contributed by atoms with Crippen molar-refractivity contribution in [2.75, 3.05) is 20.8 Å². The van der Waals surface area contributed by atoms with Gasteiger partial charge in [0.05, 0.1) is 19.8 Å². The zero-order valence-electron chi connectivity index (χ0n) is 15.3. The summed E-state index contributed by atoms with van der Waals surface area (Å²) in [5.74, 6) is -1.29. The van der Waals surface area contributed by atoms with E-state index in [1.807, 2.05) is 20.8 Å². The molecule has 1 N–H and O–H groups in total. The smallest absolute Gasteiger partial charge is 0.338 e. The summed E-state index contributed by atoms with van der Waals surface area (Å²) in [6, 6.07) is 4.09. The number of carbonyl (C=O) groups is 3. The first kappa shape index (κ1) is 20.5. The van der Waals surface area contributed by atoms with Crippen molar-refractivity contribution in [1.29, 1.82) is 0 Å². The number of carbonyl (C=O) groups excluding carboxylic acids is 3. The average molecular weight is 351 g/mol. The van der Waals surface area contributed by atoms with Crippen LogP contribution in [0.25, 0.3) is 0 Å². The van der Waals surface area contributed by atoms with Crippen molar-refractivity contribution in [2.24, 2.45) is 5.92 Å². The molecule has 0 heterocycles. The summed E-state index contributed by atoms with van der Waals surface area (Å²) in [4.78, 5) is 35.8. The number of benzene rings is 1.